The second-order valence-electron chi connectivity index (χ2n) is 18.9. The predicted octanol–water partition coefficient (Wildman–Crippen LogP) is 17.8. The maximum atomic E-state index is 10.8. The Hall–Kier alpha value is -8.97. The fourth-order valence-corrected chi connectivity index (χ4v) is 11.1. The molecule has 0 N–H and O–H groups in total. The number of allylic oxidation sites excluding steroid dienone is 5. The molecular weight excluding hydrogens is 894 g/mol. The van der Waals surface area contributed by atoms with E-state index in [9.17, 15) is 14.9 Å². The van der Waals surface area contributed by atoms with Gasteiger partial charge < -0.3 is 13.7 Å². The summed E-state index contributed by atoms with van der Waals surface area (Å²) in [7, 11) is 0.500. The molecule has 0 saturated heterocycles. The molecule has 356 valence electrons. The van der Waals surface area contributed by atoms with Crippen LogP contribution in [-0.4, -0.2) is 20.9 Å². The van der Waals surface area contributed by atoms with Crippen LogP contribution in [-0.2, 0) is 6.42 Å². The number of alkyl halides is 1. The zero-order valence-electron chi connectivity index (χ0n) is 42.4. The molecule has 73 heavy (non-hydrogen) atoms. The lowest BCUT2D eigenvalue weighted by Crippen LogP contribution is -2.06. The first-order chi connectivity index (χ1) is 35.7. The summed E-state index contributed by atoms with van der Waals surface area (Å²) < 4.78 is 16.6. The van der Waals surface area contributed by atoms with Gasteiger partial charge in [-0.25, -0.2) is 0 Å². The SMILES string of the molecule is C/C=C\C(C)=C(/C)c1ccccc1C.CF.Cc1ccc2c(c1)c1ccccc1n2-c1cc(C#N)cc(-n2c3ccccc3c3cc(-n4c5c(c6ccccc64)CCC=C5)ccc32)c1-c1ccc(C#N)cc1C. The van der Waals surface area contributed by atoms with E-state index in [0.29, 0.717) is 18.3 Å². The highest BCUT2D eigenvalue weighted by atomic mass is 19.1. The Morgan fingerprint density at radius 3 is 1.73 bits per heavy atom. The van der Waals surface area contributed by atoms with E-state index in [1.54, 1.807) is 0 Å². The fourth-order valence-electron chi connectivity index (χ4n) is 11.1. The number of nitriles is 2. The van der Waals surface area contributed by atoms with Gasteiger partial charge >= 0.3 is 0 Å². The third-order valence-corrected chi connectivity index (χ3v) is 14.5. The van der Waals surface area contributed by atoms with Gasteiger partial charge in [0.2, 0.25) is 0 Å². The van der Waals surface area contributed by atoms with Gasteiger partial charge in [-0.15, -0.1) is 0 Å². The van der Waals surface area contributed by atoms with Crippen molar-refractivity contribution in [2.75, 3.05) is 7.18 Å². The van der Waals surface area contributed by atoms with Crippen LogP contribution in [0.4, 0.5) is 4.39 Å². The molecule has 1 aliphatic carbocycles. The van der Waals surface area contributed by atoms with Crippen molar-refractivity contribution >= 4 is 66.2 Å². The van der Waals surface area contributed by atoms with Crippen LogP contribution in [0, 0.1) is 43.4 Å². The number of nitrogens with zero attached hydrogens (tertiary/aromatic N) is 5. The van der Waals surface area contributed by atoms with Crippen LogP contribution in [0.5, 0.6) is 0 Å². The van der Waals surface area contributed by atoms with E-state index in [1.807, 2.05) is 24.3 Å². The van der Waals surface area contributed by atoms with Crippen LogP contribution in [0.2, 0.25) is 0 Å². The molecule has 3 aromatic heterocycles. The third-order valence-electron chi connectivity index (χ3n) is 14.5. The van der Waals surface area contributed by atoms with E-state index in [1.165, 1.54) is 50.0 Å². The molecule has 3 heterocycles. The Morgan fingerprint density at radius 1 is 0.548 bits per heavy atom. The minimum atomic E-state index is 0.500. The average molecular weight is 950 g/mol. The van der Waals surface area contributed by atoms with Crippen molar-refractivity contribution in [3.63, 3.8) is 0 Å². The second kappa shape index (κ2) is 20.0. The van der Waals surface area contributed by atoms with Gasteiger partial charge in [0.25, 0.3) is 0 Å². The number of benzene rings is 8. The van der Waals surface area contributed by atoms with Crippen LogP contribution in [0.3, 0.4) is 0 Å². The summed E-state index contributed by atoms with van der Waals surface area (Å²) in [5, 5.41) is 26.6. The standard InChI is InChI=1S/C52H35N5.C14H18.CH3F/c1-32-19-23-48-42(25-32)40-13-5-9-17-46(40)56(48)50-27-35(31-54)28-51(52(50)37-22-20-34(30-53)26-33(37)2)57-47-18-10-6-14-41(47)43-29-36(21-24-49(43)57)55-44-15-7-3-11-38(44)39-12-4-8-16-45(39)55;1-5-8-11(2)13(4)14-10-7-6-9-12(14)3;1-2/h3,5-11,13-29H,4,12H2,1-2H3;5-10H,1-4H3;1H3/b;8-5-,13-11+;. The smallest absolute Gasteiger partial charge is 0.0993 e. The molecule has 6 heteroatoms. The van der Waals surface area contributed by atoms with Gasteiger partial charge in [0, 0.05) is 43.9 Å². The maximum Gasteiger partial charge on any atom is 0.0993 e. The number of fused-ring (bicyclic) bond motifs is 9. The van der Waals surface area contributed by atoms with Gasteiger partial charge in [-0.1, -0.05) is 115 Å². The summed E-state index contributed by atoms with van der Waals surface area (Å²) in [6.07, 6.45) is 10.9. The lowest BCUT2D eigenvalue weighted by Gasteiger charge is -2.22. The molecule has 1 aliphatic rings. The van der Waals surface area contributed by atoms with E-state index < -0.39 is 0 Å². The van der Waals surface area contributed by atoms with Crippen LogP contribution in [0.15, 0.2) is 188 Å². The molecule has 0 amide bonds. The minimum Gasteiger partial charge on any atom is -0.310 e. The number of rotatable bonds is 6. The molecule has 0 spiro atoms. The first kappa shape index (κ1) is 47.7. The van der Waals surface area contributed by atoms with Crippen molar-refractivity contribution in [3.8, 4) is 40.3 Å². The molecule has 8 aromatic carbocycles. The summed E-state index contributed by atoms with van der Waals surface area (Å²) in [4.78, 5) is 0. The molecule has 0 saturated carbocycles. The van der Waals surface area contributed by atoms with Crippen molar-refractivity contribution < 1.29 is 4.39 Å². The summed E-state index contributed by atoms with van der Waals surface area (Å²) in [6.45, 7) is 12.7. The first-order valence-electron chi connectivity index (χ1n) is 24.8. The van der Waals surface area contributed by atoms with Gasteiger partial charge in [0.15, 0.2) is 0 Å². The van der Waals surface area contributed by atoms with Gasteiger partial charge in [0.05, 0.1) is 69.4 Å². The molecular formula is C67H56FN5. The van der Waals surface area contributed by atoms with E-state index in [-0.39, 0.29) is 0 Å². The largest absolute Gasteiger partial charge is 0.310 e. The van der Waals surface area contributed by atoms with E-state index in [4.69, 9.17) is 0 Å². The highest BCUT2D eigenvalue weighted by Crippen LogP contribution is 2.45. The van der Waals surface area contributed by atoms with Gasteiger partial charge in [-0.2, -0.15) is 10.5 Å². The number of halogens is 1. The molecule has 12 rings (SSSR count). The summed E-state index contributed by atoms with van der Waals surface area (Å²) in [6, 6.07) is 62.7. The van der Waals surface area contributed by atoms with Gasteiger partial charge in [0.1, 0.15) is 0 Å². The summed E-state index contributed by atoms with van der Waals surface area (Å²) in [5.74, 6) is 0. The Labute approximate surface area is 426 Å². The second-order valence-corrected chi connectivity index (χ2v) is 18.9. The Kier molecular flexibility index (Phi) is 13.1. The minimum absolute atomic E-state index is 0.500. The normalized spacial score (nSPS) is 12.4. The molecule has 0 unspecified atom stereocenters. The topological polar surface area (TPSA) is 62.4 Å². The van der Waals surface area contributed by atoms with Crippen LogP contribution >= 0.6 is 0 Å². The Bertz CT molecular complexity index is 4150. The van der Waals surface area contributed by atoms with Crippen molar-refractivity contribution in [3.05, 3.63) is 232 Å². The Morgan fingerprint density at radius 2 is 1.11 bits per heavy atom. The molecule has 0 radical (unpaired) electrons. The molecule has 0 bridgehead atoms. The lowest BCUT2D eigenvalue weighted by molar-refractivity contribution is 0.636. The summed E-state index contributed by atoms with van der Waals surface area (Å²) in [5.41, 5.74) is 21.7. The van der Waals surface area contributed by atoms with Crippen molar-refractivity contribution in [1.29, 1.82) is 10.5 Å². The van der Waals surface area contributed by atoms with Crippen LogP contribution in [0.25, 0.3) is 94.4 Å². The number of aromatic nitrogens is 3. The predicted molar refractivity (Wildman–Crippen MR) is 305 cm³/mol. The van der Waals surface area contributed by atoms with Crippen LogP contribution < -0.4 is 0 Å². The molecule has 0 atom stereocenters. The molecule has 0 fully saturated rings. The molecule has 5 nitrogen and oxygen atoms in total. The Balaban J connectivity index is 0.000000331. The third kappa shape index (κ3) is 8.31. The number of hydrogen-bond donors (Lipinski definition) is 0. The highest BCUT2D eigenvalue weighted by molar-refractivity contribution is 6.13. The van der Waals surface area contributed by atoms with E-state index >= 15 is 0 Å². The van der Waals surface area contributed by atoms with Crippen molar-refractivity contribution in [2.45, 2.75) is 54.4 Å². The number of hydrogen-bond acceptors (Lipinski definition) is 2. The number of aryl methyl sites for hydroxylation is 4. The summed E-state index contributed by atoms with van der Waals surface area (Å²) >= 11 is 0. The van der Waals surface area contributed by atoms with Crippen molar-refractivity contribution in [1.82, 2.24) is 13.7 Å². The molecule has 11 aromatic rings. The van der Waals surface area contributed by atoms with Gasteiger partial charge in [-0.3, -0.25) is 4.39 Å². The maximum absolute atomic E-state index is 10.8. The average Bonchev–Trinajstić information content (AvgIpc) is 4.06. The zero-order chi connectivity index (χ0) is 50.9. The van der Waals surface area contributed by atoms with Crippen molar-refractivity contribution in [2.24, 2.45) is 0 Å². The highest BCUT2D eigenvalue weighted by Gasteiger charge is 2.25. The monoisotopic (exact) mass is 949 g/mol. The van der Waals surface area contributed by atoms with E-state index in [2.05, 4.69) is 231 Å². The zero-order valence-corrected chi connectivity index (χ0v) is 42.4. The van der Waals surface area contributed by atoms with E-state index in [0.717, 1.165) is 90.2 Å². The molecule has 0 aliphatic heterocycles. The lowest BCUT2D eigenvalue weighted by atomic mass is 9.93. The first-order valence-corrected chi connectivity index (χ1v) is 24.8. The number of para-hydroxylation sites is 3. The van der Waals surface area contributed by atoms with Gasteiger partial charge in [-0.05, 0) is 172 Å². The quantitative estimate of drug-likeness (QED) is 0.156. The van der Waals surface area contributed by atoms with Crippen LogP contribution in [0.1, 0.15) is 71.8 Å². The fraction of sp³-hybridized carbons (Fsp3) is 0.134.